The number of hydrogen-bond donors (Lipinski definition) is 6. The molecule has 12 nitrogen and oxygen atoms in total. The molecule has 162 valence electrons. The maximum absolute atomic E-state index is 10.6. The fourth-order valence-electron chi connectivity index (χ4n) is 2.26. The third-order valence-electron chi connectivity index (χ3n) is 3.63. The normalized spacial score (nSPS) is 10.3. The van der Waals surface area contributed by atoms with Crippen molar-refractivity contribution in [2.45, 2.75) is 13.0 Å². The molecule has 0 saturated carbocycles. The van der Waals surface area contributed by atoms with Gasteiger partial charge in [0.1, 0.15) is 22.9 Å². The van der Waals surface area contributed by atoms with Gasteiger partial charge in [0.05, 0.1) is 30.7 Å². The molecule has 0 aliphatic rings. The number of aromatic amines is 1. The summed E-state index contributed by atoms with van der Waals surface area (Å²) in [5.74, 6) is -0.714. The summed E-state index contributed by atoms with van der Waals surface area (Å²) >= 11 is 0. The van der Waals surface area contributed by atoms with Gasteiger partial charge in [0, 0.05) is 13.0 Å². The number of aliphatic hydroxyl groups excluding tert-OH is 2. The molecule has 3 aromatic rings. The van der Waals surface area contributed by atoms with Crippen molar-refractivity contribution in [3.63, 3.8) is 0 Å². The quantitative estimate of drug-likeness (QED) is 0.298. The van der Waals surface area contributed by atoms with Crippen molar-refractivity contribution in [1.29, 1.82) is 0 Å². The van der Waals surface area contributed by atoms with Gasteiger partial charge >= 0.3 is 5.97 Å². The number of carboxylic acid groups (broad SMARTS) is 1. The van der Waals surface area contributed by atoms with Crippen molar-refractivity contribution in [2.24, 2.45) is 10.2 Å². The number of carboxylic acids is 1. The van der Waals surface area contributed by atoms with Crippen LogP contribution in [0.2, 0.25) is 0 Å². The molecule has 0 bridgehead atoms. The SMILES string of the molecule is Cl.Nc1[nH]nc(CCO)c1C(=O)O.Nc1c(N=Nc2ccccc2)cnn1CCO. The van der Waals surface area contributed by atoms with Gasteiger partial charge in [0.15, 0.2) is 0 Å². The lowest BCUT2D eigenvalue weighted by Gasteiger charge is -1.99. The number of halogens is 1. The van der Waals surface area contributed by atoms with Gasteiger partial charge < -0.3 is 26.8 Å². The van der Waals surface area contributed by atoms with E-state index in [4.69, 9.17) is 26.8 Å². The first-order valence-corrected chi connectivity index (χ1v) is 8.53. The number of H-pyrrole nitrogens is 1. The van der Waals surface area contributed by atoms with E-state index in [0.29, 0.717) is 18.1 Å². The van der Waals surface area contributed by atoms with Gasteiger partial charge in [-0.05, 0) is 12.1 Å². The molecule has 2 heterocycles. The summed E-state index contributed by atoms with van der Waals surface area (Å²) in [5.41, 5.74) is 12.6. The lowest BCUT2D eigenvalue weighted by Crippen LogP contribution is -2.07. The number of aromatic carboxylic acids is 1. The van der Waals surface area contributed by atoms with Crippen molar-refractivity contribution in [3.8, 4) is 0 Å². The molecular formula is C17H23ClN8O4. The number of anilines is 2. The van der Waals surface area contributed by atoms with E-state index in [1.807, 2.05) is 30.3 Å². The number of benzene rings is 1. The summed E-state index contributed by atoms with van der Waals surface area (Å²) in [5, 5.41) is 44.0. The summed E-state index contributed by atoms with van der Waals surface area (Å²) in [7, 11) is 0. The molecule has 0 spiro atoms. The van der Waals surface area contributed by atoms with Gasteiger partial charge in [-0.1, -0.05) is 18.2 Å². The monoisotopic (exact) mass is 438 g/mol. The van der Waals surface area contributed by atoms with Gasteiger partial charge in [0.25, 0.3) is 0 Å². The van der Waals surface area contributed by atoms with Crippen molar-refractivity contribution in [1.82, 2.24) is 20.0 Å². The Morgan fingerprint density at radius 3 is 2.43 bits per heavy atom. The van der Waals surface area contributed by atoms with E-state index >= 15 is 0 Å². The molecule has 0 atom stereocenters. The number of rotatable bonds is 7. The van der Waals surface area contributed by atoms with Crippen LogP contribution in [0.1, 0.15) is 16.1 Å². The third-order valence-corrected chi connectivity index (χ3v) is 3.63. The van der Waals surface area contributed by atoms with Gasteiger partial charge in [-0.15, -0.1) is 17.5 Å². The van der Waals surface area contributed by atoms with Gasteiger partial charge in [-0.25, -0.2) is 9.48 Å². The molecule has 0 aliphatic carbocycles. The zero-order chi connectivity index (χ0) is 21.2. The molecular weight excluding hydrogens is 416 g/mol. The standard InChI is InChI=1S/C11H13N5O.C6H9N3O3.ClH/c12-11-10(8-13-16(11)6-7-17)15-14-9-4-2-1-3-5-9;7-5-4(6(11)12)3(1-2-10)8-9-5;/h1-5,8,17H,6-7,12H2;10H,1-2H2,(H,11,12)(H3,7,8,9);1H. The van der Waals surface area contributed by atoms with E-state index < -0.39 is 5.97 Å². The number of hydrogen-bond acceptors (Lipinski definition) is 9. The third kappa shape index (κ3) is 6.55. The summed E-state index contributed by atoms with van der Waals surface area (Å²) in [6.07, 6.45) is 1.72. The Hall–Kier alpha value is -3.48. The minimum absolute atomic E-state index is 0. The van der Waals surface area contributed by atoms with Crippen LogP contribution in [-0.2, 0) is 13.0 Å². The second-order valence-corrected chi connectivity index (χ2v) is 5.64. The highest BCUT2D eigenvalue weighted by Gasteiger charge is 2.16. The Labute approximate surface area is 177 Å². The minimum Gasteiger partial charge on any atom is -0.477 e. The topological polar surface area (TPSA) is 201 Å². The molecule has 13 heteroatoms. The van der Waals surface area contributed by atoms with Crippen LogP contribution in [0, 0.1) is 0 Å². The molecule has 0 fully saturated rings. The molecule has 0 amide bonds. The van der Waals surface area contributed by atoms with Crippen molar-refractivity contribution >= 4 is 41.4 Å². The zero-order valence-corrected chi connectivity index (χ0v) is 16.7. The van der Waals surface area contributed by atoms with Crippen LogP contribution in [-0.4, -0.2) is 54.5 Å². The van der Waals surface area contributed by atoms with E-state index in [1.54, 1.807) is 0 Å². The summed E-state index contributed by atoms with van der Waals surface area (Å²) in [6.45, 7) is 0.193. The van der Waals surface area contributed by atoms with Crippen LogP contribution >= 0.6 is 12.4 Å². The Balaban J connectivity index is 0.000000308. The van der Waals surface area contributed by atoms with Crippen molar-refractivity contribution in [3.05, 3.63) is 47.8 Å². The van der Waals surface area contributed by atoms with E-state index in [-0.39, 0.29) is 49.1 Å². The smallest absolute Gasteiger partial charge is 0.341 e. The van der Waals surface area contributed by atoms with E-state index in [2.05, 4.69) is 25.5 Å². The first-order valence-electron chi connectivity index (χ1n) is 8.53. The lowest BCUT2D eigenvalue weighted by molar-refractivity contribution is 0.0696. The number of nitrogens with one attached hydrogen (secondary N) is 1. The molecule has 1 aromatic carbocycles. The predicted molar refractivity (Wildman–Crippen MR) is 112 cm³/mol. The fourth-order valence-corrected chi connectivity index (χ4v) is 2.26. The molecule has 0 saturated heterocycles. The maximum Gasteiger partial charge on any atom is 0.341 e. The number of azo groups is 1. The minimum atomic E-state index is -1.13. The first kappa shape index (κ1) is 24.6. The number of aliphatic hydroxyl groups is 2. The van der Waals surface area contributed by atoms with Crippen molar-refractivity contribution < 1.29 is 20.1 Å². The molecule has 0 unspecified atom stereocenters. The average Bonchev–Trinajstić information content (AvgIpc) is 3.25. The number of nitrogen functional groups attached to an aromatic ring is 2. The van der Waals surface area contributed by atoms with Crippen LogP contribution in [0.4, 0.5) is 23.0 Å². The van der Waals surface area contributed by atoms with Crippen LogP contribution in [0.25, 0.3) is 0 Å². The summed E-state index contributed by atoms with van der Waals surface area (Å²) in [4.78, 5) is 10.6. The van der Waals surface area contributed by atoms with Crippen LogP contribution in [0.15, 0.2) is 46.8 Å². The van der Waals surface area contributed by atoms with E-state index in [1.165, 1.54) is 10.9 Å². The second-order valence-electron chi connectivity index (χ2n) is 5.64. The van der Waals surface area contributed by atoms with Crippen LogP contribution in [0.3, 0.4) is 0 Å². The highest BCUT2D eigenvalue weighted by atomic mass is 35.5. The van der Waals surface area contributed by atoms with E-state index in [9.17, 15) is 4.79 Å². The number of aromatic nitrogens is 4. The number of nitrogens with zero attached hydrogens (tertiary/aromatic N) is 5. The first-order chi connectivity index (χ1) is 14.0. The molecule has 0 aliphatic heterocycles. The largest absolute Gasteiger partial charge is 0.477 e. The molecule has 0 radical (unpaired) electrons. The number of nitrogens with two attached hydrogens (primary N) is 2. The zero-order valence-electron chi connectivity index (χ0n) is 15.8. The van der Waals surface area contributed by atoms with Gasteiger partial charge in [0.2, 0.25) is 0 Å². The molecule has 30 heavy (non-hydrogen) atoms. The average molecular weight is 439 g/mol. The van der Waals surface area contributed by atoms with Crippen LogP contribution < -0.4 is 11.5 Å². The van der Waals surface area contributed by atoms with Gasteiger partial charge in [-0.2, -0.15) is 15.3 Å². The predicted octanol–water partition coefficient (Wildman–Crippen LogP) is 1.52. The Kier molecular flexibility index (Phi) is 9.96. The Bertz CT molecular complexity index is 958. The Morgan fingerprint density at radius 2 is 1.83 bits per heavy atom. The fraction of sp³-hybridized carbons (Fsp3) is 0.235. The molecule has 8 N–H and O–H groups in total. The lowest BCUT2D eigenvalue weighted by atomic mass is 10.2. The molecule has 3 rings (SSSR count). The number of carbonyl (C=O) groups is 1. The Morgan fingerprint density at radius 1 is 1.13 bits per heavy atom. The molecule has 2 aromatic heterocycles. The van der Waals surface area contributed by atoms with E-state index in [0.717, 1.165) is 5.69 Å². The summed E-state index contributed by atoms with van der Waals surface area (Å²) in [6, 6.07) is 9.36. The highest BCUT2D eigenvalue weighted by Crippen LogP contribution is 2.23. The van der Waals surface area contributed by atoms with Crippen molar-refractivity contribution in [2.75, 3.05) is 24.7 Å². The second kappa shape index (κ2) is 12.2. The highest BCUT2D eigenvalue weighted by molar-refractivity contribution is 5.93. The van der Waals surface area contributed by atoms with Crippen LogP contribution in [0.5, 0.6) is 0 Å². The summed E-state index contributed by atoms with van der Waals surface area (Å²) < 4.78 is 1.49. The van der Waals surface area contributed by atoms with Gasteiger partial charge in [-0.3, -0.25) is 5.10 Å². The maximum atomic E-state index is 10.6.